The Kier molecular flexibility index (Phi) is 3.58. The van der Waals surface area contributed by atoms with Crippen molar-refractivity contribution in [1.82, 2.24) is 20.4 Å². The van der Waals surface area contributed by atoms with Gasteiger partial charge in [0.1, 0.15) is 0 Å². The Labute approximate surface area is 117 Å². The lowest BCUT2D eigenvalue weighted by molar-refractivity contribution is -0.884. The summed E-state index contributed by atoms with van der Waals surface area (Å²) < 4.78 is 0. The monoisotopic (exact) mass is 272 g/mol. The summed E-state index contributed by atoms with van der Waals surface area (Å²) >= 11 is 0. The number of nitrogens with one attached hydrogen (secondary N) is 2. The predicted molar refractivity (Wildman–Crippen MR) is 75.2 cm³/mol. The van der Waals surface area contributed by atoms with Gasteiger partial charge >= 0.3 is 0 Å². The van der Waals surface area contributed by atoms with Crippen LogP contribution in [0.25, 0.3) is 11.0 Å². The van der Waals surface area contributed by atoms with Gasteiger partial charge in [-0.3, -0.25) is 20.2 Å². The maximum Gasteiger partial charge on any atom is 0.265 e. The van der Waals surface area contributed by atoms with E-state index in [0.717, 1.165) is 37.2 Å². The highest BCUT2D eigenvalue weighted by atomic mass is 16.2. The van der Waals surface area contributed by atoms with Gasteiger partial charge in [0, 0.05) is 18.0 Å². The molecule has 1 aromatic carbocycles. The molecule has 1 fully saturated rings. The van der Waals surface area contributed by atoms with Gasteiger partial charge in [-0.2, -0.15) is 0 Å². The van der Waals surface area contributed by atoms with Crippen LogP contribution in [0.1, 0.15) is 10.4 Å². The molecular weight excluding hydrogens is 254 g/mol. The van der Waals surface area contributed by atoms with Crippen molar-refractivity contribution in [3.05, 3.63) is 36.2 Å². The maximum atomic E-state index is 12.2. The lowest BCUT2D eigenvalue weighted by Crippen LogP contribution is -3.12. The van der Waals surface area contributed by atoms with Crippen LogP contribution in [0.5, 0.6) is 0 Å². The molecule has 20 heavy (non-hydrogen) atoms. The minimum Gasteiger partial charge on any atom is -0.335 e. The molecule has 1 saturated heterocycles. The highest BCUT2D eigenvalue weighted by molar-refractivity contribution is 5.96. The van der Waals surface area contributed by atoms with Crippen molar-refractivity contribution in [2.45, 2.75) is 0 Å². The first-order chi connectivity index (χ1) is 9.72. The van der Waals surface area contributed by atoms with Gasteiger partial charge in [-0.05, 0) is 18.2 Å². The minimum atomic E-state index is -0.0860. The molecule has 1 aliphatic rings. The van der Waals surface area contributed by atoms with Crippen molar-refractivity contribution in [3.63, 3.8) is 0 Å². The Hall–Kier alpha value is -2.05. The smallest absolute Gasteiger partial charge is 0.265 e. The molecule has 104 valence electrons. The maximum absolute atomic E-state index is 12.2. The molecule has 1 amide bonds. The summed E-state index contributed by atoms with van der Waals surface area (Å²) in [5.74, 6) is -0.0860. The van der Waals surface area contributed by atoms with Gasteiger partial charge in [-0.15, -0.1) is 0 Å². The molecule has 0 radical (unpaired) electrons. The van der Waals surface area contributed by atoms with Gasteiger partial charge in [0.15, 0.2) is 0 Å². The van der Waals surface area contributed by atoms with Gasteiger partial charge in [0.2, 0.25) is 0 Å². The summed E-state index contributed by atoms with van der Waals surface area (Å²) in [6, 6.07) is 5.39. The lowest BCUT2D eigenvalue weighted by Gasteiger charge is -2.30. The highest BCUT2D eigenvalue weighted by Gasteiger charge is 2.18. The molecule has 0 saturated carbocycles. The van der Waals surface area contributed by atoms with Crippen molar-refractivity contribution in [3.8, 4) is 0 Å². The number of hydrazine groups is 1. The van der Waals surface area contributed by atoms with E-state index in [9.17, 15) is 4.79 Å². The van der Waals surface area contributed by atoms with Gasteiger partial charge in [0.05, 0.1) is 44.3 Å². The number of carbonyl (C=O) groups is 1. The standard InChI is InChI=1S/C14H17N5O/c1-18-6-8-19(9-7-18)17-14(20)11-2-3-12-13(10-11)16-5-4-15-12/h2-5,10H,6-9H2,1H3,(H,17,20)/p+1. The molecule has 1 aromatic heterocycles. The number of hydrogen-bond acceptors (Lipinski definition) is 4. The minimum absolute atomic E-state index is 0.0860. The molecule has 2 N–H and O–H groups in total. The van der Waals surface area contributed by atoms with Crippen LogP contribution in [-0.4, -0.2) is 54.1 Å². The van der Waals surface area contributed by atoms with Crippen LogP contribution in [-0.2, 0) is 0 Å². The number of likely N-dealkylation sites (N-methyl/N-ethyl adjacent to an activating group) is 1. The van der Waals surface area contributed by atoms with Crippen LogP contribution < -0.4 is 10.3 Å². The lowest BCUT2D eigenvalue weighted by atomic mass is 10.2. The van der Waals surface area contributed by atoms with Crippen molar-refractivity contribution < 1.29 is 9.69 Å². The van der Waals surface area contributed by atoms with Crippen molar-refractivity contribution in [2.24, 2.45) is 0 Å². The van der Waals surface area contributed by atoms with Crippen LogP contribution in [0.2, 0.25) is 0 Å². The summed E-state index contributed by atoms with van der Waals surface area (Å²) in [7, 11) is 2.17. The summed E-state index contributed by atoms with van der Waals surface area (Å²) in [4.78, 5) is 22.1. The third kappa shape index (κ3) is 2.76. The van der Waals surface area contributed by atoms with E-state index in [4.69, 9.17) is 0 Å². The van der Waals surface area contributed by atoms with Crippen LogP contribution in [0.4, 0.5) is 0 Å². The Morgan fingerprint density at radius 3 is 2.65 bits per heavy atom. The van der Waals surface area contributed by atoms with Crippen LogP contribution in [0, 0.1) is 0 Å². The molecule has 1 aliphatic heterocycles. The molecule has 0 atom stereocenters. The van der Waals surface area contributed by atoms with E-state index in [2.05, 4.69) is 22.4 Å². The topological polar surface area (TPSA) is 62.6 Å². The van der Waals surface area contributed by atoms with Crippen LogP contribution in [0.15, 0.2) is 30.6 Å². The number of carbonyl (C=O) groups excluding carboxylic acids is 1. The molecular formula is C14H18N5O+. The zero-order valence-electron chi connectivity index (χ0n) is 11.5. The van der Waals surface area contributed by atoms with Crippen molar-refractivity contribution in [2.75, 3.05) is 33.2 Å². The molecule has 0 spiro atoms. The molecule has 6 heteroatoms. The number of hydrogen-bond donors (Lipinski definition) is 2. The fourth-order valence-corrected chi connectivity index (χ4v) is 2.31. The molecule has 6 nitrogen and oxygen atoms in total. The SMILES string of the molecule is C[NH+]1CCN(NC(=O)c2ccc3nccnc3c2)CC1. The van der Waals surface area contributed by atoms with E-state index < -0.39 is 0 Å². The van der Waals surface area contributed by atoms with Crippen molar-refractivity contribution >= 4 is 16.9 Å². The fraction of sp³-hybridized carbons (Fsp3) is 0.357. The van der Waals surface area contributed by atoms with Gasteiger partial charge in [-0.1, -0.05) is 0 Å². The number of benzene rings is 1. The summed E-state index contributed by atoms with van der Waals surface area (Å²) in [6.45, 7) is 3.85. The summed E-state index contributed by atoms with van der Waals surface area (Å²) in [6.07, 6.45) is 3.28. The zero-order chi connectivity index (χ0) is 13.9. The van der Waals surface area contributed by atoms with E-state index in [1.807, 2.05) is 11.1 Å². The zero-order valence-corrected chi connectivity index (χ0v) is 11.5. The van der Waals surface area contributed by atoms with Gasteiger partial charge < -0.3 is 4.90 Å². The van der Waals surface area contributed by atoms with E-state index in [1.54, 1.807) is 24.5 Å². The first-order valence-electron chi connectivity index (χ1n) is 6.80. The van der Waals surface area contributed by atoms with E-state index >= 15 is 0 Å². The number of quaternary nitrogens is 1. The van der Waals surface area contributed by atoms with Gasteiger partial charge in [0.25, 0.3) is 5.91 Å². The Morgan fingerprint density at radius 1 is 1.20 bits per heavy atom. The quantitative estimate of drug-likeness (QED) is 0.744. The van der Waals surface area contributed by atoms with E-state index in [0.29, 0.717) is 5.56 Å². The second-order valence-electron chi connectivity index (χ2n) is 5.14. The number of aromatic nitrogens is 2. The highest BCUT2D eigenvalue weighted by Crippen LogP contribution is 2.10. The number of piperazine rings is 1. The number of rotatable bonds is 2. The van der Waals surface area contributed by atoms with E-state index in [1.165, 1.54) is 4.90 Å². The third-order valence-corrected chi connectivity index (χ3v) is 3.61. The Balaban J connectivity index is 1.72. The molecule has 2 heterocycles. The molecule has 0 unspecified atom stereocenters. The number of fused-ring (bicyclic) bond motifs is 1. The predicted octanol–water partition coefficient (Wildman–Crippen LogP) is -0.895. The number of amides is 1. The first-order valence-corrected chi connectivity index (χ1v) is 6.80. The van der Waals surface area contributed by atoms with Crippen molar-refractivity contribution in [1.29, 1.82) is 0 Å². The van der Waals surface area contributed by atoms with Crippen LogP contribution >= 0.6 is 0 Å². The fourth-order valence-electron chi connectivity index (χ4n) is 2.31. The average Bonchev–Trinajstić information content (AvgIpc) is 2.49. The molecule has 0 bridgehead atoms. The Bertz CT molecular complexity index is 622. The third-order valence-electron chi connectivity index (χ3n) is 3.61. The average molecular weight is 272 g/mol. The molecule has 0 aliphatic carbocycles. The second-order valence-corrected chi connectivity index (χ2v) is 5.14. The van der Waals surface area contributed by atoms with E-state index in [-0.39, 0.29) is 5.91 Å². The first kappa shape index (κ1) is 13.0. The largest absolute Gasteiger partial charge is 0.335 e. The number of nitrogens with zero attached hydrogens (tertiary/aromatic N) is 3. The summed E-state index contributed by atoms with van der Waals surface area (Å²) in [5.41, 5.74) is 5.11. The normalized spacial score (nSPS) is 17.2. The summed E-state index contributed by atoms with van der Waals surface area (Å²) in [5, 5.41) is 1.98. The van der Waals surface area contributed by atoms with Gasteiger partial charge in [-0.25, -0.2) is 5.01 Å². The second kappa shape index (κ2) is 5.52. The molecule has 3 rings (SSSR count). The molecule has 2 aromatic rings. The Morgan fingerprint density at radius 2 is 1.90 bits per heavy atom. The van der Waals surface area contributed by atoms with Crippen LogP contribution in [0.3, 0.4) is 0 Å².